The van der Waals surface area contributed by atoms with Crippen molar-refractivity contribution in [3.05, 3.63) is 59.7 Å². The molecular weight excluding hydrogens is 312 g/mol. The lowest BCUT2D eigenvalue weighted by atomic mass is 10.1. The molecule has 2 rings (SSSR count). The van der Waals surface area contributed by atoms with E-state index in [1.165, 1.54) is 31.4 Å². The van der Waals surface area contributed by atoms with Crippen LogP contribution >= 0.6 is 0 Å². The number of esters is 2. The first-order valence-corrected chi connectivity index (χ1v) is 7.35. The van der Waals surface area contributed by atoms with Crippen molar-refractivity contribution < 1.29 is 28.5 Å². The predicted molar refractivity (Wildman–Crippen MR) is 86.3 cm³/mol. The van der Waals surface area contributed by atoms with Gasteiger partial charge in [0.15, 0.2) is 0 Å². The zero-order valence-electron chi connectivity index (χ0n) is 13.5. The zero-order chi connectivity index (χ0) is 17.4. The Labute approximate surface area is 139 Å². The maximum absolute atomic E-state index is 11.9. The Morgan fingerprint density at radius 1 is 0.792 bits per heavy atom. The normalized spacial score (nSPS) is 9.92. The second-order valence-corrected chi connectivity index (χ2v) is 4.67. The Morgan fingerprint density at radius 3 is 1.79 bits per heavy atom. The van der Waals surface area contributed by atoms with Gasteiger partial charge in [0.1, 0.15) is 11.5 Å². The Kier molecular flexibility index (Phi) is 6.19. The van der Waals surface area contributed by atoms with E-state index in [4.69, 9.17) is 14.2 Å². The van der Waals surface area contributed by atoms with Gasteiger partial charge in [0, 0.05) is 0 Å². The third-order valence-electron chi connectivity index (χ3n) is 3.09. The number of ether oxygens (including phenoxy) is 4. The van der Waals surface area contributed by atoms with Crippen LogP contribution in [0, 0.1) is 0 Å². The van der Waals surface area contributed by atoms with Gasteiger partial charge in [-0.3, -0.25) is 0 Å². The molecule has 0 atom stereocenters. The highest BCUT2D eigenvalue weighted by molar-refractivity contribution is 5.93. The summed E-state index contributed by atoms with van der Waals surface area (Å²) in [4.78, 5) is 23.2. The summed E-state index contributed by atoms with van der Waals surface area (Å²) in [7, 11) is 1.29. The van der Waals surface area contributed by atoms with Crippen LogP contribution in [-0.4, -0.2) is 32.4 Å². The van der Waals surface area contributed by atoms with Crippen molar-refractivity contribution in [2.75, 3.05) is 20.5 Å². The summed E-state index contributed by atoms with van der Waals surface area (Å²) >= 11 is 0. The maximum Gasteiger partial charge on any atom is 0.340 e. The molecule has 0 radical (unpaired) electrons. The van der Waals surface area contributed by atoms with Gasteiger partial charge in [0.2, 0.25) is 6.79 Å². The van der Waals surface area contributed by atoms with E-state index < -0.39 is 11.9 Å². The van der Waals surface area contributed by atoms with Crippen LogP contribution in [-0.2, 0) is 9.47 Å². The topological polar surface area (TPSA) is 71.1 Å². The van der Waals surface area contributed by atoms with Gasteiger partial charge in [0.05, 0.1) is 24.8 Å². The van der Waals surface area contributed by atoms with E-state index in [1.54, 1.807) is 24.3 Å². The zero-order valence-corrected chi connectivity index (χ0v) is 13.5. The van der Waals surface area contributed by atoms with E-state index in [-0.39, 0.29) is 6.79 Å². The quantitative estimate of drug-likeness (QED) is 0.574. The molecule has 0 aromatic heterocycles. The third-order valence-corrected chi connectivity index (χ3v) is 3.09. The number of benzene rings is 2. The minimum absolute atomic E-state index is 0.217. The first-order chi connectivity index (χ1) is 11.6. The molecule has 126 valence electrons. The van der Waals surface area contributed by atoms with Gasteiger partial charge >= 0.3 is 11.9 Å². The summed E-state index contributed by atoms with van der Waals surface area (Å²) in [6, 6.07) is 13.0. The van der Waals surface area contributed by atoms with Crippen molar-refractivity contribution in [2.24, 2.45) is 0 Å². The standard InChI is InChI=1S/C18H18O6/c1-3-22-15-8-10-16(11-9-15)23-12-24-18(20)14-6-4-13(5-7-14)17(19)21-2/h4-11H,3,12H2,1-2H3. The Morgan fingerprint density at radius 2 is 1.29 bits per heavy atom. The fraction of sp³-hybridized carbons (Fsp3) is 0.222. The fourth-order valence-electron chi connectivity index (χ4n) is 1.89. The maximum atomic E-state index is 11.9. The van der Waals surface area contributed by atoms with Gasteiger partial charge in [-0.15, -0.1) is 0 Å². The molecule has 2 aromatic carbocycles. The average molecular weight is 330 g/mol. The van der Waals surface area contributed by atoms with Gasteiger partial charge in [-0.05, 0) is 55.5 Å². The Hall–Kier alpha value is -3.02. The molecule has 0 bridgehead atoms. The summed E-state index contributed by atoms with van der Waals surface area (Å²) in [6.45, 7) is 2.28. The van der Waals surface area contributed by atoms with Crippen molar-refractivity contribution in [1.82, 2.24) is 0 Å². The second kappa shape index (κ2) is 8.57. The summed E-state index contributed by atoms with van der Waals surface area (Å²) in [5, 5.41) is 0. The van der Waals surface area contributed by atoms with E-state index in [0.29, 0.717) is 23.5 Å². The minimum Gasteiger partial charge on any atom is -0.494 e. The largest absolute Gasteiger partial charge is 0.494 e. The van der Waals surface area contributed by atoms with Crippen LogP contribution < -0.4 is 9.47 Å². The molecule has 6 nitrogen and oxygen atoms in total. The molecule has 0 saturated carbocycles. The van der Waals surface area contributed by atoms with E-state index in [1.807, 2.05) is 6.92 Å². The van der Waals surface area contributed by atoms with Crippen LogP contribution in [0.1, 0.15) is 27.6 Å². The van der Waals surface area contributed by atoms with Crippen molar-refractivity contribution in [3.63, 3.8) is 0 Å². The van der Waals surface area contributed by atoms with Crippen LogP contribution in [0.25, 0.3) is 0 Å². The molecule has 0 saturated heterocycles. The first kappa shape index (κ1) is 17.3. The molecule has 0 amide bonds. The highest BCUT2D eigenvalue weighted by atomic mass is 16.7. The average Bonchev–Trinajstić information content (AvgIpc) is 2.63. The molecule has 0 spiro atoms. The van der Waals surface area contributed by atoms with Gasteiger partial charge in [-0.25, -0.2) is 9.59 Å². The summed E-state index contributed by atoms with van der Waals surface area (Å²) in [5.74, 6) is 0.297. The van der Waals surface area contributed by atoms with E-state index in [9.17, 15) is 9.59 Å². The second-order valence-electron chi connectivity index (χ2n) is 4.67. The molecule has 0 aliphatic rings. The molecule has 0 aliphatic carbocycles. The highest BCUT2D eigenvalue weighted by Gasteiger charge is 2.10. The lowest BCUT2D eigenvalue weighted by Crippen LogP contribution is -2.11. The molecular formula is C18H18O6. The van der Waals surface area contributed by atoms with Crippen LogP contribution in [0.15, 0.2) is 48.5 Å². The van der Waals surface area contributed by atoms with Crippen molar-refractivity contribution in [3.8, 4) is 11.5 Å². The van der Waals surface area contributed by atoms with Gasteiger partial charge < -0.3 is 18.9 Å². The molecule has 0 unspecified atom stereocenters. The molecule has 2 aromatic rings. The fourth-order valence-corrected chi connectivity index (χ4v) is 1.89. The van der Waals surface area contributed by atoms with Crippen molar-refractivity contribution in [1.29, 1.82) is 0 Å². The van der Waals surface area contributed by atoms with Crippen LogP contribution in [0.5, 0.6) is 11.5 Å². The van der Waals surface area contributed by atoms with E-state index in [0.717, 1.165) is 5.75 Å². The van der Waals surface area contributed by atoms with Crippen LogP contribution in [0.3, 0.4) is 0 Å². The number of hydrogen-bond acceptors (Lipinski definition) is 6. The number of hydrogen-bond donors (Lipinski definition) is 0. The minimum atomic E-state index is -0.544. The highest BCUT2D eigenvalue weighted by Crippen LogP contribution is 2.17. The summed E-state index contributed by atoms with van der Waals surface area (Å²) < 4.78 is 20.3. The molecule has 0 N–H and O–H groups in total. The number of rotatable bonds is 7. The molecule has 6 heteroatoms. The lowest BCUT2D eigenvalue weighted by molar-refractivity contribution is 0.0153. The molecule has 0 fully saturated rings. The number of carbonyl (C=O) groups is 2. The molecule has 0 aliphatic heterocycles. The van der Waals surface area contributed by atoms with Crippen molar-refractivity contribution >= 4 is 11.9 Å². The Balaban J connectivity index is 1.83. The van der Waals surface area contributed by atoms with Gasteiger partial charge in [0.25, 0.3) is 0 Å². The van der Waals surface area contributed by atoms with Crippen LogP contribution in [0.2, 0.25) is 0 Å². The summed E-state index contributed by atoms with van der Waals surface area (Å²) in [5.41, 5.74) is 0.678. The van der Waals surface area contributed by atoms with E-state index in [2.05, 4.69) is 4.74 Å². The number of methoxy groups -OCH3 is 1. The lowest BCUT2D eigenvalue weighted by Gasteiger charge is -2.08. The third kappa shape index (κ3) is 4.74. The SMILES string of the molecule is CCOc1ccc(OCOC(=O)c2ccc(C(=O)OC)cc2)cc1. The van der Waals surface area contributed by atoms with E-state index >= 15 is 0 Å². The van der Waals surface area contributed by atoms with Gasteiger partial charge in [-0.1, -0.05) is 0 Å². The van der Waals surface area contributed by atoms with Crippen molar-refractivity contribution in [2.45, 2.75) is 6.92 Å². The summed E-state index contributed by atoms with van der Waals surface area (Å²) in [6.07, 6.45) is 0. The molecule has 0 heterocycles. The predicted octanol–water partition coefficient (Wildman–Crippen LogP) is 3.07. The Bertz CT molecular complexity index is 676. The monoisotopic (exact) mass is 330 g/mol. The smallest absolute Gasteiger partial charge is 0.340 e. The number of carbonyl (C=O) groups excluding carboxylic acids is 2. The van der Waals surface area contributed by atoms with Gasteiger partial charge in [-0.2, -0.15) is 0 Å². The van der Waals surface area contributed by atoms with Crippen LogP contribution in [0.4, 0.5) is 0 Å². The molecule has 24 heavy (non-hydrogen) atoms. The first-order valence-electron chi connectivity index (χ1n) is 7.35.